The number of hydrogen-bond donors (Lipinski definition) is 2. The molecule has 0 bridgehead atoms. The maximum atomic E-state index is 6.22. The van der Waals surface area contributed by atoms with E-state index >= 15 is 0 Å². The molecule has 108 valence electrons. The van der Waals surface area contributed by atoms with Crippen LogP contribution in [-0.2, 0) is 5.41 Å². The van der Waals surface area contributed by atoms with Crippen molar-refractivity contribution in [3.8, 4) is 5.75 Å². The Morgan fingerprint density at radius 2 is 2.15 bits per heavy atom. The number of nitrogens with two attached hydrogens (primary N) is 1. The molecule has 2 unspecified atom stereocenters. The molecule has 0 aromatic heterocycles. The fourth-order valence-corrected chi connectivity index (χ4v) is 3.70. The second-order valence-electron chi connectivity index (χ2n) is 6.35. The maximum absolute atomic E-state index is 6.22. The third-order valence-electron chi connectivity index (χ3n) is 4.73. The van der Waals surface area contributed by atoms with Gasteiger partial charge < -0.3 is 15.8 Å². The Labute approximate surface area is 125 Å². The molecule has 0 spiro atoms. The minimum Gasteiger partial charge on any atom is -0.488 e. The lowest BCUT2D eigenvalue weighted by molar-refractivity contribution is 0.209. The fraction of sp³-hybridized carbons (Fsp3) is 0.562. The highest BCUT2D eigenvalue weighted by Crippen LogP contribution is 2.53. The first-order valence-electron chi connectivity index (χ1n) is 7.28. The van der Waals surface area contributed by atoms with Crippen molar-refractivity contribution in [2.24, 2.45) is 5.73 Å². The van der Waals surface area contributed by atoms with Crippen LogP contribution >= 0.6 is 12.2 Å². The Morgan fingerprint density at radius 3 is 2.75 bits per heavy atom. The number of benzene rings is 1. The molecule has 0 fully saturated rings. The number of thiocarbonyl (C=S) groups is 1. The molecule has 0 saturated heterocycles. The molecule has 2 heterocycles. The van der Waals surface area contributed by atoms with Crippen molar-refractivity contribution in [1.29, 1.82) is 0 Å². The summed E-state index contributed by atoms with van der Waals surface area (Å²) in [6.07, 6.45) is 1.14. The van der Waals surface area contributed by atoms with Crippen LogP contribution in [0.4, 0.5) is 5.69 Å². The number of ether oxygens (including phenoxy) is 1. The molecule has 2 aliphatic rings. The van der Waals surface area contributed by atoms with Crippen LogP contribution in [0.1, 0.15) is 49.8 Å². The summed E-state index contributed by atoms with van der Waals surface area (Å²) in [5, 5.41) is 3.37. The van der Waals surface area contributed by atoms with Crippen LogP contribution in [-0.4, -0.2) is 17.6 Å². The molecular weight excluding hydrogens is 268 g/mol. The first kappa shape index (κ1) is 13.8. The molecule has 3 rings (SSSR count). The Hall–Kier alpha value is -1.13. The highest BCUT2D eigenvalue weighted by Gasteiger charge is 2.44. The first-order chi connectivity index (χ1) is 9.41. The smallest absolute Gasteiger partial charge is 0.129 e. The van der Waals surface area contributed by atoms with Gasteiger partial charge in [0.05, 0.1) is 4.99 Å². The molecule has 0 amide bonds. The van der Waals surface area contributed by atoms with Gasteiger partial charge in [-0.3, -0.25) is 0 Å². The van der Waals surface area contributed by atoms with E-state index < -0.39 is 0 Å². The fourth-order valence-electron chi connectivity index (χ4n) is 3.50. The van der Waals surface area contributed by atoms with Crippen LogP contribution in [0.2, 0.25) is 0 Å². The van der Waals surface area contributed by atoms with Crippen molar-refractivity contribution in [2.45, 2.75) is 51.6 Å². The molecule has 3 nitrogen and oxygen atoms in total. The van der Waals surface area contributed by atoms with E-state index in [1.54, 1.807) is 0 Å². The summed E-state index contributed by atoms with van der Waals surface area (Å²) in [4.78, 5) is 0.872. The molecule has 2 aliphatic heterocycles. The number of nitrogens with one attached hydrogen (secondary N) is 1. The summed E-state index contributed by atoms with van der Waals surface area (Å²) in [5.74, 6) is 1.41. The van der Waals surface area contributed by atoms with Gasteiger partial charge in [0.2, 0.25) is 0 Å². The summed E-state index contributed by atoms with van der Waals surface area (Å²) in [5.41, 5.74) is 10.6. The van der Waals surface area contributed by atoms with Crippen LogP contribution in [0.25, 0.3) is 0 Å². The second-order valence-corrected chi connectivity index (χ2v) is 6.76. The lowest BCUT2D eigenvalue weighted by atomic mass is 9.82. The number of aryl methyl sites for hydroxylation is 1. The Morgan fingerprint density at radius 1 is 1.45 bits per heavy atom. The van der Waals surface area contributed by atoms with Gasteiger partial charge in [0.15, 0.2) is 0 Å². The topological polar surface area (TPSA) is 47.3 Å². The molecule has 1 aromatic carbocycles. The van der Waals surface area contributed by atoms with Crippen molar-refractivity contribution in [1.82, 2.24) is 0 Å². The van der Waals surface area contributed by atoms with Crippen LogP contribution in [0.15, 0.2) is 6.07 Å². The first-order valence-corrected chi connectivity index (χ1v) is 7.68. The zero-order valence-corrected chi connectivity index (χ0v) is 13.4. The van der Waals surface area contributed by atoms with Crippen LogP contribution in [0.5, 0.6) is 5.75 Å². The van der Waals surface area contributed by atoms with Gasteiger partial charge in [0, 0.05) is 34.7 Å². The number of fused-ring (bicyclic) bond motifs is 3. The Balaban J connectivity index is 2.24. The van der Waals surface area contributed by atoms with E-state index in [1.165, 1.54) is 16.7 Å². The van der Waals surface area contributed by atoms with E-state index in [4.69, 9.17) is 22.7 Å². The highest BCUT2D eigenvalue weighted by atomic mass is 32.1. The van der Waals surface area contributed by atoms with Crippen molar-refractivity contribution < 1.29 is 4.74 Å². The second kappa shape index (κ2) is 4.43. The molecule has 0 aliphatic carbocycles. The van der Waals surface area contributed by atoms with E-state index in [0.717, 1.165) is 22.8 Å². The summed E-state index contributed by atoms with van der Waals surface area (Å²) >= 11 is 5.52. The van der Waals surface area contributed by atoms with E-state index in [0.29, 0.717) is 12.5 Å². The molecule has 20 heavy (non-hydrogen) atoms. The maximum Gasteiger partial charge on any atom is 0.129 e. The van der Waals surface area contributed by atoms with Gasteiger partial charge in [-0.2, -0.15) is 0 Å². The zero-order valence-electron chi connectivity index (χ0n) is 12.5. The van der Waals surface area contributed by atoms with E-state index in [-0.39, 0.29) is 11.5 Å². The van der Waals surface area contributed by atoms with Crippen molar-refractivity contribution in [3.05, 3.63) is 22.8 Å². The van der Waals surface area contributed by atoms with Gasteiger partial charge in [-0.05, 0) is 38.8 Å². The molecule has 3 N–H and O–H groups in total. The van der Waals surface area contributed by atoms with Crippen molar-refractivity contribution >= 4 is 22.9 Å². The summed E-state index contributed by atoms with van der Waals surface area (Å²) in [7, 11) is 0. The molecule has 1 aromatic rings. The predicted octanol–water partition coefficient (Wildman–Crippen LogP) is 3.24. The van der Waals surface area contributed by atoms with Gasteiger partial charge in [-0.25, -0.2) is 0 Å². The molecule has 2 atom stereocenters. The third kappa shape index (κ3) is 1.64. The average molecular weight is 290 g/mol. The normalized spacial score (nSPS) is 25.9. The largest absolute Gasteiger partial charge is 0.488 e. The van der Waals surface area contributed by atoms with E-state index in [2.05, 4.69) is 39.1 Å². The van der Waals surface area contributed by atoms with E-state index in [1.807, 2.05) is 0 Å². The van der Waals surface area contributed by atoms with E-state index in [9.17, 15) is 0 Å². The zero-order chi connectivity index (χ0) is 14.7. The third-order valence-corrected chi connectivity index (χ3v) is 5.34. The molecule has 4 heteroatoms. The van der Waals surface area contributed by atoms with Crippen LogP contribution < -0.4 is 15.8 Å². The minimum atomic E-state index is -0.178. The van der Waals surface area contributed by atoms with Crippen molar-refractivity contribution in [3.63, 3.8) is 0 Å². The van der Waals surface area contributed by atoms with Gasteiger partial charge in [0.1, 0.15) is 11.9 Å². The lowest BCUT2D eigenvalue weighted by Crippen LogP contribution is -2.29. The van der Waals surface area contributed by atoms with Crippen LogP contribution in [0, 0.1) is 6.92 Å². The standard InChI is InChI=1S/C16H22N2OS/c1-5-9-10-6-8(2)13-12(14(10)19-11(9)7-17)16(3,4)15(20)18-13/h6,9,11H,5,7,17H2,1-4H3,(H,18,20). The number of hydrogen-bond acceptors (Lipinski definition) is 3. The summed E-state index contributed by atoms with van der Waals surface area (Å²) < 4.78 is 6.22. The Bertz CT molecular complexity index is 595. The Kier molecular flexibility index (Phi) is 3.07. The highest BCUT2D eigenvalue weighted by molar-refractivity contribution is 7.80. The number of rotatable bonds is 2. The summed E-state index contributed by atoms with van der Waals surface area (Å²) in [6, 6.07) is 2.25. The minimum absolute atomic E-state index is 0.0888. The molecule has 0 saturated carbocycles. The SMILES string of the molecule is CCC1c2cc(C)c3c(c2OC1CN)C(C)(C)C(=S)N3. The predicted molar refractivity (Wildman–Crippen MR) is 86.9 cm³/mol. The summed E-state index contributed by atoms with van der Waals surface area (Å²) in [6.45, 7) is 9.21. The monoisotopic (exact) mass is 290 g/mol. The quantitative estimate of drug-likeness (QED) is 0.821. The van der Waals surface area contributed by atoms with Crippen molar-refractivity contribution in [2.75, 3.05) is 11.9 Å². The van der Waals surface area contributed by atoms with Gasteiger partial charge in [0.25, 0.3) is 0 Å². The number of anilines is 1. The van der Waals surface area contributed by atoms with Crippen LogP contribution in [0.3, 0.4) is 0 Å². The van der Waals surface area contributed by atoms with Gasteiger partial charge in [-0.1, -0.05) is 19.1 Å². The molecule has 0 radical (unpaired) electrons. The molecular formula is C16H22N2OS. The van der Waals surface area contributed by atoms with Gasteiger partial charge in [-0.15, -0.1) is 0 Å². The van der Waals surface area contributed by atoms with Gasteiger partial charge >= 0.3 is 0 Å². The lowest BCUT2D eigenvalue weighted by Gasteiger charge is -2.21. The average Bonchev–Trinajstić information content (AvgIpc) is 2.86.